The van der Waals surface area contributed by atoms with Crippen LogP contribution in [0.25, 0.3) is 0 Å². The summed E-state index contributed by atoms with van der Waals surface area (Å²) in [4.78, 5) is 21.8. The Kier molecular flexibility index (Phi) is 6.18. The van der Waals surface area contributed by atoms with E-state index in [1.807, 2.05) is 24.3 Å². The molecule has 0 radical (unpaired) electrons. The number of hydrazine groups is 1. The number of benzene rings is 2. The maximum atomic E-state index is 13.3. The predicted molar refractivity (Wildman–Crippen MR) is 100 cm³/mol. The van der Waals surface area contributed by atoms with E-state index >= 15 is 0 Å². The zero-order chi connectivity index (χ0) is 19.3. The Morgan fingerprint density at radius 3 is 2.38 bits per heavy atom. The first kappa shape index (κ1) is 19.3. The highest BCUT2D eigenvalue weighted by Crippen LogP contribution is 2.18. The second-order valence-electron chi connectivity index (χ2n) is 5.73. The lowest BCUT2D eigenvalue weighted by molar-refractivity contribution is -0.387. The minimum Gasteiger partial charge on any atom is -0.331 e. The molecule has 0 aliphatic rings. The normalized spacial score (nSPS) is 10.3. The standard InChI is InChI=1S/C17H17FN4O3S/c1-10(2)11-3-6-13(7-4-11)19-17(26)21-20-16(23)12-5-8-14(18)15(9-12)22(24)25/h3-10H,1-2H3,(H,20,23)(H2,19,21,26). The van der Waals surface area contributed by atoms with Crippen molar-refractivity contribution in [1.82, 2.24) is 10.9 Å². The predicted octanol–water partition coefficient (Wildman–Crippen LogP) is 3.49. The summed E-state index contributed by atoms with van der Waals surface area (Å²) in [6, 6.07) is 10.5. The van der Waals surface area contributed by atoms with E-state index in [0.29, 0.717) is 5.92 Å². The Bertz CT molecular complexity index is 840. The van der Waals surface area contributed by atoms with Crippen LogP contribution >= 0.6 is 12.2 Å². The molecular weight excluding hydrogens is 359 g/mol. The highest BCUT2D eigenvalue weighted by Gasteiger charge is 2.17. The van der Waals surface area contributed by atoms with Crippen LogP contribution < -0.4 is 16.2 Å². The van der Waals surface area contributed by atoms with E-state index in [9.17, 15) is 19.3 Å². The average Bonchev–Trinajstić information content (AvgIpc) is 2.60. The number of nitro benzene ring substituents is 1. The lowest BCUT2D eigenvalue weighted by Gasteiger charge is -2.12. The molecule has 0 saturated carbocycles. The minimum atomic E-state index is -1.01. The van der Waals surface area contributed by atoms with E-state index in [1.54, 1.807) is 0 Å². The number of anilines is 1. The molecule has 136 valence electrons. The molecule has 7 nitrogen and oxygen atoms in total. The van der Waals surface area contributed by atoms with Gasteiger partial charge >= 0.3 is 5.69 Å². The third-order valence-electron chi connectivity index (χ3n) is 3.53. The summed E-state index contributed by atoms with van der Waals surface area (Å²) < 4.78 is 13.3. The first-order valence-electron chi connectivity index (χ1n) is 7.69. The Balaban J connectivity index is 1.93. The molecule has 0 aromatic heterocycles. The molecule has 26 heavy (non-hydrogen) atoms. The van der Waals surface area contributed by atoms with Crippen molar-refractivity contribution in [2.75, 3.05) is 5.32 Å². The largest absolute Gasteiger partial charge is 0.331 e. The van der Waals surface area contributed by atoms with Crippen LogP contribution in [0.15, 0.2) is 42.5 Å². The lowest BCUT2D eigenvalue weighted by atomic mass is 10.0. The van der Waals surface area contributed by atoms with E-state index < -0.39 is 22.3 Å². The molecule has 0 atom stereocenters. The lowest BCUT2D eigenvalue weighted by Crippen LogP contribution is -2.43. The molecule has 3 N–H and O–H groups in total. The van der Waals surface area contributed by atoms with Crippen molar-refractivity contribution in [1.29, 1.82) is 0 Å². The monoisotopic (exact) mass is 376 g/mol. The van der Waals surface area contributed by atoms with Crippen molar-refractivity contribution in [2.24, 2.45) is 0 Å². The fourth-order valence-electron chi connectivity index (χ4n) is 2.09. The quantitative estimate of drug-likeness (QED) is 0.429. The first-order chi connectivity index (χ1) is 12.3. The van der Waals surface area contributed by atoms with Crippen molar-refractivity contribution in [3.8, 4) is 0 Å². The molecule has 0 aliphatic carbocycles. The van der Waals surface area contributed by atoms with Crippen molar-refractivity contribution in [2.45, 2.75) is 19.8 Å². The van der Waals surface area contributed by atoms with E-state index in [-0.39, 0.29) is 10.7 Å². The van der Waals surface area contributed by atoms with Gasteiger partial charge in [-0.25, -0.2) is 0 Å². The number of hydrogen-bond donors (Lipinski definition) is 3. The number of nitrogens with one attached hydrogen (secondary N) is 3. The highest BCUT2D eigenvalue weighted by atomic mass is 32.1. The molecule has 0 unspecified atom stereocenters. The van der Waals surface area contributed by atoms with Gasteiger partial charge in [-0.2, -0.15) is 4.39 Å². The van der Waals surface area contributed by atoms with E-state index in [4.69, 9.17) is 12.2 Å². The SMILES string of the molecule is CC(C)c1ccc(NC(=S)NNC(=O)c2ccc(F)c([N+](=O)[O-])c2)cc1. The summed E-state index contributed by atoms with van der Waals surface area (Å²) in [6.45, 7) is 4.17. The van der Waals surface area contributed by atoms with Gasteiger partial charge in [-0.05, 0) is 48.0 Å². The van der Waals surface area contributed by atoms with E-state index in [2.05, 4.69) is 30.0 Å². The first-order valence-corrected chi connectivity index (χ1v) is 8.10. The Morgan fingerprint density at radius 2 is 1.81 bits per heavy atom. The van der Waals surface area contributed by atoms with Gasteiger partial charge in [0.2, 0.25) is 5.82 Å². The molecular formula is C17H17FN4O3S. The molecule has 0 spiro atoms. The molecule has 0 heterocycles. The van der Waals surface area contributed by atoms with Gasteiger partial charge in [0.05, 0.1) is 4.92 Å². The van der Waals surface area contributed by atoms with Gasteiger partial charge in [-0.1, -0.05) is 26.0 Å². The number of halogens is 1. The average molecular weight is 376 g/mol. The van der Waals surface area contributed by atoms with Crippen LogP contribution in [0.1, 0.15) is 35.7 Å². The van der Waals surface area contributed by atoms with Crippen LogP contribution in [0.5, 0.6) is 0 Å². The Morgan fingerprint density at radius 1 is 1.15 bits per heavy atom. The maximum absolute atomic E-state index is 13.3. The van der Waals surface area contributed by atoms with Crippen molar-refractivity contribution in [3.05, 3.63) is 69.5 Å². The zero-order valence-corrected chi connectivity index (χ0v) is 14.9. The van der Waals surface area contributed by atoms with Gasteiger partial charge in [0.15, 0.2) is 5.11 Å². The smallest absolute Gasteiger partial charge is 0.305 e. The minimum absolute atomic E-state index is 0.0744. The summed E-state index contributed by atoms with van der Waals surface area (Å²) in [5.41, 5.74) is 5.85. The molecule has 2 aromatic carbocycles. The molecule has 0 bridgehead atoms. The number of hydrogen-bond acceptors (Lipinski definition) is 4. The number of nitrogens with zero attached hydrogens (tertiary/aromatic N) is 1. The summed E-state index contributed by atoms with van der Waals surface area (Å²) in [6.07, 6.45) is 0. The number of amides is 1. The van der Waals surface area contributed by atoms with Gasteiger partial charge in [0.1, 0.15) is 0 Å². The fourth-order valence-corrected chi connectivity index (χ4v) is 2.26. The van der Waals surface area contributed by atoms with Crippen LogP contribution in [0, 0.1) is 15.9 Å². The Hall–Kier alpha value is -3.07. The van der Waals surface area contributed by atoms with Gasteiger partial charge in [0, 0.05) is 17.3 Å². The summed E-state index contributed by atoms with van der Waals surface area (Å²) in [7, 11) is 0. The van der Waals surface area contributed by atoms with Crippen molar-refractivity contribution < 1.29 is 14.1 Å². The van der Waals surface area contributed by atoms with E-state index in [0.717, 1.165) is 23.9 Å². The number of nitro groups is 1. The molecule has 0 fully saturated rings. The molecule has 0 aliphatic heterocycles. The third kappa shape index (κ3) is 4.96. The van der Waals surface area contributed by atoms with Crippen LogP contribution in [0.2, 0.25) is 0 Å². The van der Waals surface area contributed by atoms with Crippen LogP contribution in [0.3, 0.4) is 0 Å². The van der Waals surface area contributed by atoms with Crippen LogP contribution in [-0.2, 0) is 0 Å². The molecule has 2 rings (SSSR count). The van der Waals surface area contributed by atoms with Crippen molar-refractivity contribution in [3.63, 3.8) is 0 Å². The summed E-state index contributed by atoms with van der Waals surface area (Å²) >= 11 is 5.07. The second-order valence-corrected chi connectivity index (χ2v) is 6.14. The van der Waals surface area contributed by atoms with E-state index in [1.165, 1.54) is 5.56 Å². The number of rotatable bonds is 4. The number of carbonyl (C=O) groups is 1. The topological polar surface area (TPSA) is 96.3 Å². The molecule has 1 amide bonds. The number of thiocarbonyl (C=S) groups is 1. The zero-order valence-electron chi connectivity index (χ0n) is 14.1. The van der Waals surface area contributed by atoms with Gasteiger partial charge in [-0.3, -0.25) is 25.8 Å². The van der Waals surface area contributed by atoms with Crippen LogP contribution in [-0.4, -0.2) is 15.9 Å². The van der Waals surface area contributed by atoms with Gasteiger partial charge in [0.25, 0.3) is 5.91 Å². The summed E-state index contributed by atoms with van der Waals surface area (Å²) in [5, 5.41) is 13.7. The van der Waals surface area contributed by atoms with Gasteiger partial charge < -0.3 is 5.32 Å². The Labute approximate surface area is 154 Å². The summed E-state index contributed by atoms with van der Waals surface area (Å²) in [5.74, 6) is -1.29. The molecule has 0 saturated heterocycles. The highest BCUT2D eigenvalue weighted by molar-refractivity contribution is 7.80. The van der Waals surface area contributed by atoms with Crippen LogP contribution in [0.4, 0.5) is 15.8 Å². The molecule has 9 heteroatoms. The maximum Gasteiger partial charge on any atom is 0.305 e. The van der Waals surface area contributed by atoms with Gasteiger partial charge in [-0.15, -0.1) is 0 Å². The number of carbonyl (C=O) groups excluding carboxylic acids is 1. The van der Waals surface area contributed by atoms with Crippen molar-refractivity contribution >= 4 is 34.6 Å². The molecule has 2 aromatic rings. The fraction of sp³-hybridized carbons (Fsp3) is 0.176. The third-order valence-corrected chi connectivity index (χ3v) is 3.73. The second kappa shape index (κ2) is 8.34.